The molecule has 0 radical (unpaired) electrons. The molecule has 0 bridgehead atoms. The van der Waals surface area contributed by atoms with Crippen molar-refractivity contribution in [3.63, 3.8) is 0 Å². The van der Waals surface area contributed by atoms with Gasteiger partial charge in [-0.05, 0) is 69.5 Å². The van der Waals surface area contributed by atoms with Crippen molar-refractivity contribution in [2.75, 3.05) is 5.32 Å². The predicted molar refractivity (Wildman–Crippen MR) is 146 cm³/mol. The van der Waals surface area contributed by atoms with Crippen LogP contribution in [0.1, 0.15) is 36.9 Å². The Hall–Kier alpha value is -3.40. The van der Waals surface area contributed by atoms with Crippen molar-refractivity contribution >= 4 is 62.3 Å². The van der Waals surface area contributed by atoms with Gasteiger partial charge in [-0.2, -0.15) is 0 Å². The summed E-state index contributed by atoms with van der Waals surface area (Å²) < 4.78 is 0.799. The van der Waals surface area contributed by atoms with Crippen molar-refractivity contribution < 1.29 is 14.4 Å². The minimum absolute atomic E-state index is 0.0551. The topological polar surface area (TPSA) is 92.3 Å². The van der Waals surface area contributed by atoms with Gasteiger partial charge in [-0.25, -0.2) is 4.98 Å². The highest BCUT2D eigenvalue weighted by Gasteiger charge is 2.37. The van der Waals surface area contributed by atoms with Crippen LogP contribution in [0.4, 0.5) is 5.82 Å². The van der Waals surface area contributed by atoms with Gasteiger partial charge >= 0.3 is 0 Å². The molecule has 7 nitrogen and oxygen atoms in total. The Morgan fingerprint density at radius 3 is 2.57 bits per heavy atom. The molecular weight excluding hydrogens is 576 g/mol. The molecule has 0 saturated carbocycles. The summed E-state index contributed by atoms with van der Waals surface area (Å²) in [6, 6.07) is 16.9. The van der Waals surface area contributed by atoms with E-state index >= 15 is 0 Å². The number of halogens is 2. The highest BCUT2D eigenvalue weighted by Crippen LogP contribution is 2.33. The van der Waals surface area contributed by atoms with E-state index in [0.717, 1.165) is 15.0 Å². The highest BCUT2D eigenvalue weighted by atomic mass is 79.9. The number of fused-ring (bicyclic) bond motifs is 1. The second-order valence-corrected chi connectivity index (χ2v) is 11.3. The van der Waals surface area contributed by atoms with E-state index in [1.807, 2.05) is 24.3 Å². The summed E-state index contributed by atoms with van der Waals surface area (Å²) >= 11 is 11.3. The number of hydrogen-bond donors (Lipinski definition) is 1. The van der Waals surface area contributed by atoms with E-state index in [0.29, 0.717) is 22.7 Å². The first-order valence-electron chi connectivity index (χ1n) is 11.4. The smallest absolute Gasteiger partial charge is 0.265 e. The summed E-state index contributed by atoms with van der Waals surface area (Å²) in [5.41, 5.74) is 2.43. The van der Waals surface area contributed by atoms with Gasteiger partial charge in [0.05, 0.1) is 25.3 Å². The van der Waals surface area contributed by atoms with Crippen LogP contribution >= 0.6 is 38.9 Å². The Morgan fingerprint density at radius 2 is 1.86 bits per heavy atom. The zero-order valence-corrected chi connectivity index (χ0v) is 22.5. The van der Waals surface area contributed by atoms with Gasteiger partial charge in [0, 0.05) is 37.5 Å². The minimum Gasteiger partial charge on any atom is -0.323 e. The normalized spacial score (nSPS) is 15.3. The fourth-order valence-corrected chi connectivity index (χ4v) is 6.15. The van der Waals surface area contributed by atoms with Crippen LogP contribution in [0.25, 0.3) is 0 Å². The molecule has 1 aromatic carbocycles. The van der Waals surface area contributed by atoms with Crippen molar-refractivity contribution in [1.82, 2.24) is 14.9 Å². The van der Waals surface area contributed by atoms with E-state index < -0.39 is 11.9 Å². The van der Waals surface area contributed by atoms with Crippen LogP contribution in [0.5, 0.6) is 0 Å². The summed E-state index contributed by atoms with van der Waals surface area (Å²) in [7, 11) is 0. The Bertz CT molecular complexity index is 1480. The molecule has 0 fully saturated rings. The van der Waals surface area contributed by atoms with Gasteiger partial charge in [0.25, 0.3) is 11.8 Å². The summed E-state index contributed by atoms with van der Waals surface area (Å²) in [4.78, 5) is 50.4. The highest BCUT2D eigenvalue weighted by molar-refractivity contribution is 9.11. The van der Waals surface area contributed by atoms with Crippen LogP contribution in [-0.2, 0) is 24.2 Å². The van der Waals surface area contributed by atoms with Gasteiger partial charge in [-0.1, -0.05) is 29.8 Å². The Labute approximate surface area is 230 Å². The van der Waals surface area contributed by atoms with Gasteiger partial charge in [0.2, 0.25) is 0 Å². The number of carbonyl (C=O) groups excluding carboxylic acids is 3. The van der Waals surface area contributed by atoms with Gasteiger partial charge in [0.15, 0.2) is 5.78 Å². The number of aromatic nitrogens is 2. The maximum absolute atomic E-state index is 13.7. The molecule has 5 rings (SSSR count). The molecule has 0 aliphatic carbocycles. The number of amides is 2. The Kier molecular flexibility index (Phi) is 7.45. The summed E-state index contributed by atoms with van der Waals surface area (Å²) in [5.74, 6) is -0.250. The number of thiophene rings is 1. The number of carbonyl (C=O) groups is 3. The molecule has 0 spiro atoms. The number of nitrogens with one attached hydrogen (secondary N) is 1. The number of anilines is 1. The van der Waals surface area contributed by atoms with Crippen molar-refractivity contribution in [3.05, 3.63) is 109 Å². The average Bonchev–Trinajstić information content (AvgIpc) is 3.23. The van der Waals surface area contributed by atoms with Gasteiger partial charge in [-0.15, -0.1) is 11.3 Å². The zero-order valence-electron chi connectivity index (χ0n) is 19.4. The largest absolute Gasteiger partial charge is 0.323 e. The van der Waals surface area contributed by atoms with E-state index in [4.69, 9.17) is 11.6 Å². The number of rotatable bonds is 6. The molecule has 1 aliphatic rings. The van der Waals surface area contributed by atoms with Crippen LogP contribution < -0.4 is 5.32 Å². The minimum atomic E-state index is -0.688. The molecular formula is C27H20BrClN4O3S. The maximum Gasteiger partial charge on any atom is 0.265 e. The molecule has 1 unspecified atom stereocenters. The Balaban J connectivity index is 1.44. The van der Waals surface area contributed by atoms with Crippen molar-refractivity contribution in [1.29, 1.82) is 0 Å². The molecule has 2 amide bonds. The van der Waals surface area contributed by atoms with Crippen molar-refractivity contribution in [2.24, 2.45) is 0 Å². The van der Waals surface area contributed by atoms with Crippen molar-refractivity contribution in [3.8, 4) is 0 Å². The number of pyridine rings is 2. The summed E-state index contributed by atoms with van der Waals surface area (Å²) in [6.45, 7) is 0.152. The van der Waals surface area contributed by atoms with Crippen LogP contribution in [0, 0.1) is 0 Å². The number of benzene rings is 1. The Morgan fingerprint density at radius 1 is 1.08 bits per heavy atom. The van der Waals surface area contributed by atoms with Crippen LogP contribution in [-0.4, -0.2) is 38.5 Å². The van der Waals surface area contributed by atoms with Gasteiger partial charge in [0.1, 0.15) is 5.82 Å². The first kappa shape index (κ1) is 25.3. The fraction of sp³-hybridized carbons (Fsp3) is 0.148. The standard InChI is InChI=1S/C27H20BrClN4O3S/c28-23-13-17-12-22(34)21(14-18-5-1-3-9-30-18)33(27(36)25(17)37-23)15-16-7-8-19(20(29)11-16)26(35)32-24-6-2-4-10-31-24/h1-11,13,21H,12,14-15H2,(H,31,32,35). The van der Waals surface area contributed by atoms with Gasteiger partial charge < -0.3 is 10.2 Å². The molecule has 1 atom stereocenters. The lowest BCUT2D eigenvalue weighted by Crippen LogP contribution is -2.44. The molecule has 186 valence electrons. The number of ketones is 1. The third-order valence-corrected chi connectivity index (χ3v) is 7.99. The molecule has 0 saturated heterocycles. The molecule has 1 N–H and O–H groups in total. The van der Waals surface area contributed by atoms with E-state index in [2.05, 4.69) is 31.2 Å². The monoisotopic (exact) mass is 594 g/mol. The fourth-order valence-electron chi connectivity index (χ4n) is 4.24. The molecule has 10 heteroatoms. The van der Waals surface area contributed by atoms with Crippen LogP contribution in [0.2, 0.25) is 5.02 Å². The predicted octanol–water partition coefficient (Wildman–Crippen LogP) is 5.59. The van der Waals surface area contributed by atoms with E-state index in [9.17, 15) is 14.4 Å². The van der Waals surface area contributed by atoms with E-state index in [1.54, 1.807) is 53.7 Å². The lowest BCUT2D eigenvalue weighted by Gasteiger charge is -2.29. The van der Waals surface area contributed by atoms with E-state index in [-0.39, 0.29) is 35.2 Å². The quantitative estimate of drug-likeness (QED) is 0.314. The van der Waals surface area contributed by atoms with Crippen molar-refractivity contribution in [2.45, 2.75) is 25.4 Å². The third-order valence-electron chi connectivity index (χ3n) is 6.01. The SMILES string of the molecule is O=C(Nc1ccccn1)c1ccc(CN2C(=O)c3sc(Br)cc3CC(=O)C2Cc2ccccn2)cc1Cl. The zero-order chi connectivity index (χ0) is 25.9. The first-order valence-corrected chi connectivity index (χ1v) is 13.4. The summed E-state index contributed by atoms with van der Waals surface area (Å²) in [5, 5.41) is 2.95. The third kappa shape index (κ3) is 5.64. The lowest BCUT2D eigenvalue weighted by molar-refractivity contribution is -0.122. The molecule has 37 heavy (non-hydrogen) atoms. The number of Topliss-reactive ketones (excluding diaryl/α,β-unsaturated/α-hetero) is 1. The molecule has 3 aromatic heterocycles. The first-order chi connectivity index (χ1) is 17.9. The molecule has 4 heterocycles. The molecule has 1 aliphatic heterocycles. The number of hydrogen-bond acceptors (Lipinski definition) is 6. The lowest BCUT2D eigenvalue weighted by atomic mass is 10.0. The van der Waals surface area contributed by atoms with Gasteiger partial charge in [-0.3, -0.25) is 19.4 Å². The number of nitrogens with zero attached hydrogens (tertiary/aromatic N) is 3. The van der Waals surface area contributed by atoms with E-state index in [1.165, 1.54) is 11.3 Å². The molecule has 4 aromatic rings. The summed E-state index contributed by atoms with van der Waals surface area (Å²) in [6.07, 6.45) is 3.73. The maximum atomic E-state index is 13.7. The van der Waals surface area contributed by atoms with Crippen LogP contribution in [0.3, 0.4) is 0 Å². The average molecular weight is 596 g/mol. The second-order valence-electron chi connectivity index (χ2n) is 8.51. The second kappa shape index (κ2) is 10.9. The van der Waals surface area contributed by atoms with Crippen LogP contribution in [0.15, 0.2) is 76.8 Å².